The summed E-state index contributed by atoms with van der Waals surface area (Å²) in [5.41, 5.74) is 1.35. The summed E-state index contributed by atoms with van der Waals surface area (Å²) in [6, 6.07) is 24.6. The molecule has 4 rings (SSSR count). The summed E-state index contributed by atoms with van der Waals surface area (Å²) in [5.74, 6) is -1.66. The first-order valence-corrected chi connectivity index (χ1v) is 12.4. The number of anilines is 1. The van der Waals surface area contributed by atoms with E-state index in [1.54, 1.807) is 32.9 Å². The van der Waals surface area contributed by atoms with Gasteiger partial charge in [-0.2, -0.15) is 0 Å². The molecule has 2 atom stereocenters. The number of halogens is 1. The first-order valence-electron chi connectivity index (χ1n) is 11.6. The average Bonchev–Trinajstić information content (AvgIpc) is 3.12. The number of hydrogen-bond acceptors (Lipinski definition) is 4. The Balaban J connectivity index is 1.78. The van der Waals surface area contributed by atoms with E-state index in [2.05, 4.69) is 21.2 Å². The molecule has 1 saturated heterocycles. The molecule has 36 heavy (non-hydrogen) atoms. The summed E-state index contributed by atoms with van der Waals surface area (Å²) < 4.78 is 6.36. The van der Waals surface area contributed by atoms with Gasteiger partial charge in [0, 0.05) is 10.2 Å². The van der Waals surface area contributed by atoms with E-state index in [1.165, 1.54) is 10.0 Å². The summed E-state index contributed by atoms with van der Waals surface area (Å²) in [4.78, 5) is 40.5. The summed E-state index contributed by atoms with van der Waals surface area (Å²) in [7, 11) is 0. The Morgan fingerprint density at radius 2 is 1.44 bits per heavy atom. The van der Waals surface area contributed by atoms with Crippen LogP contribution in [0, 0.1) is 0 Å². The predicted molar refractivity (Wildman–Crippen MR) is 141 cm³/mol. The molecule has 0 saturated carbocycles. The fourth-order valence-electron chi connectivity index (χ4n) is 4.26. The van der Waals surface area contributed by atoms with Gasteiger partial charge in [-0.15, -0.1) is 0 Å². The van der Waals surface area contributed by atoms with Gasteiger partial charge in [0.1, 0.15) is 12.1 Å². The molecule has 7 nitrogen and oxygen atoms in total. The zero-order valence-electron chi connectivity index (χ0n) is 20.4. The van der Waals surface area contributed by atoms with Crippen LogP contribution in [0.4, 0.5) is 10.5 Å². The topological polar surface area (TPSA) is 79.0 Å². The maximum atomic E-state index is 13.9. The number of nitrogens with zero attached hydrogens (tertiary/aromatic N) is 2. The molecular formula is C28H28BrN3O4. The number of amides is 3. The molecule has 0 bridgehead atoms. The van der Waals surface area contributed by atoms with Crippen molar-refractivity contribution in [3.05, 3.63) is 101 Å². The number of hydrazine groups is 1. The van der Waals surface area contributed by atoms with Crippen LogP contribution in [0.15, 0.2) is 89.4 Å². The second kappa shape index (κ2) is 10.5. The van der Waals surface area contributed by atoms with Crippen molar-refractivity contribution >= 4 is 39.5 Å². The lowest BCUT2D eigenvalue weighted by molar-refractivity contribution is -0.162. The number of nitrogens with one attached hydrogen (secondary N) is 1. The Hall–Kier alpha value is -3.65. The molecule has 8 heteroatoms. The van der Waals surface area contributed by atoms with E-state index in [0.29, 0.717) is 5.69 Å². The minimum absolute atomic E-state index is 0.355. The van der Waals surface area contributed by atoms with Crippen LogP contribution >= 0.6 is 15.9 Å². The number of carbonyl (C=O) groups excluding carboxylic acids is 3. The third-order valence-electron chi connectivity index (χ3n) is 5.66. The van der Waals surface area contributed by atoms with Gasteiger partial charge in [-0.1, -0.05) is 76.6 Å². The third-order valence-corrected chi connectivity index (χ3v) is 6.19. The second-order valence-corrected chi connectivity index (χ2v) is 10.4. The SMILES string of the molecule is CC(C)(C)OC(=O)CN1C(=O)C(c2ccccc2)C(c2ccccc2)N1C(=O)Nc1ccc(Br)cc1. The highest BCUT2D eigenvalue weighted by atomic mass is 79.9. The van der Waals surface area contributed by atoms with Crippen LogP contribution in [0.25, 0.3) is 0 Å². The van der Waals surface area contributed by atoms with Crippen molar-refractivity contribution in [2.45, 2.75) is 38.3 Å². The molecule has 3 aromatic rings. The molecule has 2 unspecified atom stereocenters. The monoisotopic (exact) mass is 549 g/mol. The molecule has 186 valence electrons. The minimum atomic E-state index is -0.734. The smallest absolute Gasteiger partial charge is 0.341 e. The Morgan fingerprint density at radius 1 is 0.889 bits per heavy atom. The van der Waals surface area contributed by atoms with Crippen LogP contribution < -0.4 is 5.32 Å². The molecule has 1 N–H and O–H groups in total. The fourth-order valence-corrected chi connectivity index (χ4v) is 4.53. The van der Waals surface area contributed by atoms with Gasteiger partial charge < -0.3 is 10.1 Å². The highest BCUT2D eigenvalue weighted by Gasteiger charge is 2.51. The van der Waals surface area contributed by atoms with E-state index in [1.807, 2.05) is 72.8 Å². The number of hydrogen-bond donors (Lipinski definition) is 1. The zero-order valence-corrected chi connectivity index (χ0v) is 21.9. The molecule has 1 aliphatic rings. The van der Waals surface area contributed by atoms with E-state index < -0.39 is 36.1 Å². The van der Waals surface area contributed by atoms with E-state index in [9.17, 15) is 14.4 Å². The molecule has 1 heterocycles. The van der Waals surface area contributed by atoms with Crippen LogP contribution in [0.5, 0.6) is 0 Å². The van der Waals surface area contributed by atoms with Crippen LogP contribution in [-0.4, -0.2) is 40.1 Å². The Bertz CT molecular complexity index is 1230. The predicted octanol–water partition coefficient (Wildman–Crippen LogP) is 5.91. The van der Waals surface area contributed by atoms with Crippen LogP contribution in [-0.2, 0) is 14.3 Å². The van der Waals surface area contributed by atoms with Crippen LogP contribution in [0.1, 0.15) is 43.9 Å². The largest absolute Gasteiger partial charge is 0.459 e. The van der Waals surface area contributed by atoms with Crippen molar-refractivity contribution in [2.24, 2.45) is 0 Å². The zero-order chi connectivity index (χ0) is 25.9. The summed E-state index contributed by atoms with van der Waals surface area (Å²) in [6.45, 7) is 4.88. The van der Waals surface area contributed by atoms with Gasteiger partial charge in [-0.05, 0) is 56.2 Å². The maximum Gasteiger partial charge on any atom is 0.341 e. The lowest BCUT2D eigenvalue weighted by Crippen LogP contribution is -2.49. The van der Waals surface area contributed by atoms with E-state index in [-0.39, 0.29) is 5.91 Å². The lowest BCUT2D eigenvalue weighted by atomic mass is 9.87. The summed E-state index contributed by atoms with van der Waals surface area (Å²) in [5, 5.41) is 5.43. The number of benzene rings is 3. The second-order valence-electron chi connectivity index (χ2n) is 9.51. The van der Waals surface area contributed by atoms with Gasteiger partial charge in [-0.3, -0.25) is 9.59 Å². The van der Waals surface area contributed by atoms with E-state index in [4.69, 9.17) is 4.74 Å². The van der Waals surface area contributed by atoms with Crippen LogP contribution in [0.2, 0.25) is 0 Å². The van der Waals surface area contributed by atoms with Gasteiger partial charge in [0.05, 0.1) is 12.0 Å². The molecule has 1 aliphatic heterocycles. The Kier molecular flexibility index (Phi) is 7.45. The Morgan fingerprint density at radius 3 is 2.00 bits per heavy atom. The minimum Gasteiger partial charge on any atom is -0.459 e. The van der Waals surface area contributed by atoms with Crippen molar-refractivity contribution in [3.8, 4) is 0 Å². The van der Waals surface area contributed by atoms with Crippen molar-refractivity contribution in [1.82, 2.24) is 10.0 Å². The van der Waals surface area contributed by atoms with Crippen LogP contribution in [0.3, 0.4) is 0 Å². The molecule has 3 amide bonds. The summed E-state index contributed by atoms with van der Waals surface area (Å²) >= 11 is 3.39. The number of ether oxygens (including phenoxy) is 1. The van der Waals surface area contributed by atoms with Crippen molar-refractivity contribution in [3.63, 3.8) is 0 Å². The summed E-state index contributed by atoms with van der Waals surface area (Å²) in [6.07, 6.45) is 0. The van der Waals surface area contributed by atoms with Gasteiger partial charge >= 0.3 is 12.0 Å². The number of urea groups is 1. The standard InChI is InChI=1S/C28H28BrN3O4/c1-28(2,3)36-23(33)18-31-26(34)24(19-10-6-4-7-11-19)25(20-12-8-5-9-13-20)32(31)27(35)30-22-16-14-21(29)15-17-22/h4-17,24-25H,18H2,1-3H3,(H,30,35). The molecule has 0 aliphatic carbocycles. The van der Waals surface area contributed by atoms with Gasteiger partial charge in [-0.25, -0.2) is 14.8 Å². The molecule has 0 radical (unpaired) electrons. The van der Waals surface area contributed by atoms with Gasteiger partial charge in [0.2, 0.25) is 0 Å². The Labute approximate surface area is 219 Å². The van der Waals surface area contributed by atoms with Crippen molar-refractivity contribution < 1.29 is 19.1 Å². The van der Waals surface area contributed by atoms with E-state index in [0.717, 1.165) is 15.6 Å². The molecule has 1 fully saturated rings. The first-order chi connectivity index (χ1) is 17.1. The maximum absolute atomic E-state index is 13.9. The van der Waals surface area contributed by atoms with Crippen molar-refractivity contribution in [2.75, 3.05) is 11.9 Å². The van der Waals surface area contributed by atoms with Gasteiger partial charge in [0.15, 0.2) is 0 Å². The molecule has 3 aromatic carbocycles. The third kappa shape index (κ3) is 5.76. The van der Waals surface area contributed by atoms with Gasteiger partial charge in [0.25, 0.3) is 5.91 Å². The number of carbonyl (C=O) groups is 3. The number of rotatable bonds is 5. The highest BCUT2D eigenvalue weighted by molar-refractivity contribution is 9.10. The first kappa shape index (κ1) is 25.4. The average molecular weight is 550 g/mol. The van der Waals surface area contributed by atoms with E-state index >= 15 is 0 Å². The molecular weight excluding hydrogens is 522 g/mol. The lowest BCUT2D eigenvalue weighted by Gasteiger charge is -2.32. The quantitative estimate of drug-likeness (QED) is 0.401. The molecule has 0 spiro atoms. The molecule has 0 aromatic heterocycles. The normalized spacial score (nSPS) is 17.7. The fraction of sp³-hybridized carbons (Fsp3) is 0.250. The number of esters is 1. The van der Waals surface area contributed by atoms with Crippen molar-refractivity contribution in [1.29, 1.82) is 0 Å². The highest BCUT2D eigenvalue weighted by Crippen LogP contribution is 2.44.